The Morgan fingerprint density at radius 2 is 1.20 bits per heavy atom. The van der Waals surface area contributed by atoms with Crippen molar-refractivity contribution in [2.45, 2.75) is 65.7 Å². The van der Waals surface area contributed by atoms with Gasteiger partial charge in [-0.25, -0.2) is 19.6 Å². The number of carbonyl (C=O) groups excluding carboxylic acids is 4. The van der Waals surface area contributed by atoms with Crippen molar-refractivity contribution < 1.29 is 28.7 Å². The molecule has 0 aliphatic heterocycles. The Balaban J connectivity index is 1.39. The van der Waals surface area contributed by atoms with Crippen molar-refractivity contribution >= 4 is 35.0 Å². The fourth-order valence-corrected chi connectivity index (χ4v) is 5.08. The van der Waals surface area contributed by atoms with Crippen LogP contribution < -0.4 is 21.3 Å². The molecule has 6 N–H and O–H groups in total. The van der Waals surface area contributed by atoms with Gasteiger partial charge in [0.15, 0.2) is 0 Å². The molecule has 4 rings (SSSR count). The fourth-order valence-electron chi connectivity index (χ4n) is 5.08. The molecule has 0 fully saturated rings. The highest BCUT2D eigenvalue weighted by molar-refractivity contribution is 5.87. The zero-order chi connectivity index (χ0) is 36.5. The number of amides is 4. The molecule has 0 saturated heterocycles. The van der Waals surface area contributed by atoms with Crippen molar-refractivity contribution in [3.8, 4) is 23.1 Å². The summed E-state index contributed by atoms with van der Waals surface area (Å²) >= 11 is 0. The van der Waals surface area contributed by atoms with Gasteiger partial charge in [0, 0.05) is 11.1 Å². The fraction of sp³-hybridized carbons (Fsp3) is 0.389. The molecule has 0 spiro atoms. The Bertz CT molecular complexity index is 1890. The summed E-state index contributed by atoms with van der Waals surface area (Å²) in [6.07, 6.45) is 0.359. The number of aromatic amines is 2. The first-order chi connectivity index (χ1) is 23.8. The van der Waals surface area contributed by atoms with Gasteiger partial charge in [-0.2, -0.15) is 0 Å². The van der Waals surface area contributed by atoms with Crippen LogP contribution in [0.1, 0.15) is 76.4 Å². The molecule has 0 radical (unpaired) electrons. The van der Waals surface area contributed by atoms with Crippen molar-refractivity contribution in [2.75, 3.05) is 14.2 Å². The Morgan fingerprint density at radius 1 is 0.680 bits per heavy atom. The van der Waals surface area contributed by atoms with E-state index in [4.69, 9.17) is 0 Å². The number of carbonyl (C=O) groups is 4. The van der Waals surface area contributed by atoms with E-state index >= 15 is 0 Å². The van der Waals surface area contributed by atoms with E-state index in [-0.39, 0.29) is 23.7 Å². The number of hydrogen-bond acceptors (Lipinski definition) is 8. The maximum atomic E-state index is 12.9. The van der Waals surface area contributed by atoms with Gasteiger partial charge in [-0.15, -0.1) is 0 Å². The number of ether oxygens (including phenoxy) is 2. The molecule has 4 unspecified atom stereocenters. The number of fused-ring (bicyclic) bond motifs is 1. The summed E-state index contributed by atoms with van der Waals surface area (Å²) < 4.78 is 9.29. The van der Waals surface area contributed by atoms with E-state index in [1.807, 2.05) is 84.0 Å². The average Bonchev–Trinajstić information content (AvgIpc) is 3.76. The van der Waals surface area contributed by atoms with Gasteiger partial charge in [-0.05, 0) is 61.6 Å². The smallest absolute Gasteiger partial charge is 0.407 e. The highest BCUT2D eigenvalue weighted by atomic mass is 16.5. The summed E-state index contributed by atoms with van der Waals surface area (Å²) in [6, 6.07) is 11.0. The minimum atomic E-state index is -0.757. The number of imidazole rings is 2. The third-order valence-corrected chi connectivity index (χ3v) is 8.00. The minimum absolute atomic E-state index is 0.144. The minimum Gasteiger partial charge on any atom is -0.453 e. The van der Waals surface area contributed by atoms with Gasteiger partial charge in [-0.3, -0.25) is 9.59 Å². The first kappa shape index (κ1) is 37.0. The van der Waals surface area contributed by atoms with E-state index in [0.717, 1.165) is 33.4 Å². The molecular formula is C36H44N8O6. The Hall–Kier alpha value is -5.84. The molecule has 0 bridgehead atoms. The lowest BCUT2D eigenvalue weighted by molar-refractivity contribution is -0.125. The van der Waals surface area contributed by atoms with Gasteiger partial charge < -0.3 is 40.7 Å². The molecule has 2 aromatic heterocycles. The lowest BCUT2D eigenvalue weighted by Gasteiger charge is -2.22. The van der Waals surface area contributed by atoms with E-state index in [1.54, 1.807) is 6.20 Å². The van der Waals surface area contributed by atoms with Crippen LogP contribution in [0, 0.1) is 23.7 Å². The largest absolute Gasteiger partial charge is 0.453 e. The van der Waals surface area contributed by atoms with Crippen molar-refractivity contribution in [3.63, 3.8) is 0 Å². The van der Waals surface area contributed by atoms with Gasteiger partial charge in [0.2, 0.25) is 11.8 Å². The molecule has 50 heavy (non-hydrogen) atoms. The van der Waals surface area contributed by atoms with Crippen LogP contribution in [-0.4, -0.2) is 70.2 Å². The zero-order valence-corrected chi connectivity index (χ0v) is 29.4. The number of H-pyrrole nitrogens is 2. The number of alkyl carbamates (subject to hydrolysis) is 2. The molecule has 0 aliphatic carbocycles. The number of benzene rings is 2. The summed E-state index contributed by atoms with van der Waals surface area (Å²) in [5.74, 6) is 6.55. The first-order valence-corrected chi connectivity index (χ1v) is 16.3. The van der Waals surface area contributed by atoms with E-state index in [9.17, 15) is 19.2 Å². The zero-order valence-electron chi connectivity index (χ0n) is 29.4. The first-order valence-electron chi connectivity index (χ1n) is 16.3. The van der Waals surface area contributed by atoms with Gasteiger partial charge in [0.1, 0.15) is 23.7 Å². The SMILES string of the molecule is COC(=O)NC(C(=O)NC(C)c1ncc(-c2ccc(C#Cc3ccc4nc(C(C)NC(=O)C(NC(=O)OC)C(C)C)[nH]c4c3)cc2)[nH]1)C(C)C. The van der Waals surface area contributed by atoms with Crippen LogP contribution in [0.25, 0.3) is 22.3 Å². The maximum Gasteiger partial charge on any atom is 0.407 e. The maximum absolute atomic E-state index is 12.9. The summed E-state index contributed by atoms with van der Waals surface area (Å²) in [5.41, 5.74) is 4.78. The van der Waals surface area contributed by atoms with Crippen molar-refractivity contribution in [1.29, 1.82) is 0 Å². The van der Waals surface area contributed by atoms with Crippen LogP contribution in [0.5, 0.6) is 0 Å². The predicted molar refractivity (Wildman–Crippen MR) is 188 cm³/mol. The van der Waals surface area contributed by atoms with Crippen LogP contribution in [0.15, 0.2) is 48.7 Å². The quantitative estimate of drug-likeness (QED) is 0.125. The molecule has 2 heterocycles. The normalized spacial score (nSPS) is 13.4. The average molecular weight is 685 g/mol. The molecule has 0 saturated carbocycles. The summed E-state index contributed by atoms with van der Waals surface area (Å²) in [4.78, 5) is 64.7. The third kappa shape index (κ3) is 9.40. The standard InChI is InChI=1S/C36H44N8O6/c1-19(2)29(43-35(47)49-7)33(45)38-21(5)31-37-18-28(42-31)25-14-11-23(12-15-25)9-10-24-13-16-26-27(17-24)41-32(40-26)22(6)39-34(46)30(20(3)4)44-36(48)50-8/h11-22,29-30H,1-8H3,(H,37,42)(H,38,45)(H,39,46)(H,40,41)(H,43,47)(H,44,48). The van der Waals surface area contributed by atoms with Gasteiger partial charge in [0.05, 0.1) is 49.2 Å². The number of aromatic nitrogens is 4. The Morgan fingerprint density at radius 3 is 1.74 bits per heavy atom. The molecular weight excluding hydrogens is 640 g/mol. The topological polar surface area (TPSA) is 192 Å². The predicted octanol–water partition coefficient (Wildman–Crippen LogP) is 4.47. The van der Waals surface area contributed by atoms with E-state index in [2.05, 4.69) is 62.5 Å². The Kier molecular flexibility index (Phi) is 12.2. The summed E-state index contributed by atoms with van der Waals surface area (Å²) in [6.45, 7) is 11.0. The molecule has 264 valence electrons. The Labute approximate surface area is 290 Å². The van der Waals surface area contributed by atoms with E-state index in [0.29, 0.717) is 11.6 Å². The third-order valence-electron chi connectivity index (χ3n) is 8.00. The second kappa shape index (κ2) is 16.5. The highest BCUT2D eigenvalue weighted by Gasteiger charge is 2.28. The highest BCUT2D eigenvalue weighted by Crippen LogP contribution is 2.21. The lowest BCUT2D eigenvalue weighted by Crippen LogP contribution is -2.50. The van der Waals surface area contributed by atoms with Crippen molar-refractivity contribution in [3.05, 3.63) is 71.4 Å². The number of nitrogens with zero attached hydrogens (tertiary/aromatic N) is 2. The van der Waals surface area contributed by atoms with Crippen molar-refractivity contribution in [2.24, 2.45) is 11.8 Å². The van der Waals surface area contributed by atoms with Crippen LogP contribution >= 0.6 is 0 Å². The molecule has 4 atom stereocenters. The molecule has 4 aromatic rings. The van der Waals surface area contributed by atoms with Gasteiger partial charge >= 0.3 is 12.2 Å². The van der Waals surface area contributed by atoms with Gasteiger partial charge in [0.25, 0.3) is 0 Å². The van der Waals surface area contributed by atoms with Crippen LogP contribution in [-0.2, 0) is 19.1 Å². The van der Waals surface area contributed by atoms with Crippen LogP contribution in [0.3, 0.4) is 0 Å². The van der Waals surface area contributed by atoms with E-state index in [1.165, 1.54) is 14.2 Å². The van der Waals surface area contributed by atoms with Gasteiger partial charge in [-0.1, -0.05) is 51.7 Å². The number of hydrogen-bond donors (Lipinski definition) is 6. The number of rotatable bonds is 11. The van der Waals surface area contributed by atoms with E-state index < -0.39 is 36.4 Å². The van der Waals surface area contributed by atoms with Crippen molar-refractivity contribution in [1.82, 2.24) is 41.2 Å². The molecule has 14 heteroatoms. The van der Waals surface area contributed by atoms with Crippen LogP contribution in [0.4, 0.5) is 9.59 Å². The molecule has 0 aliphatic rings. The van der Waals surface area contributed by atoms with Crippen LogP contribution in [0.2, 0.25) is 0 Å². The molecule has 4 amide bonds. The number of methoxy groups -OCH3 is 2. The summed E-state index contributed by atoms with van der Waals surface area (Å²) in [5, 5.41) is 10.9. The summed E-state index contributed by atoms with van der Waals surface area (Å²) in [7, 11) is 2.50. The molecule has 2 aromatic carbocycles. The monoisotopic (exact) mass is 684 g/mol. The molecule has 14 nitrogen and oxygen atoms in total. The second-order valence-corrected chi connectivity index (χ2v) is 12.5. The second-order valence-electron chi connectivity index (χ2n) is 12.5. The lowest BCUT2D eigenvalue weighted by atomic mass is 10.0. The number of nitrogens with one attached hydrogen (secondary N) is 6.